The molecule has 0 spiro atoms. The van der Waals surface area contributed by atoms with Crippen LogP contribution in [0.3, 0.4) is 0 Å². The van der Waals surface area contributed by atoms with Crippen molar-refractivity contribution in [2.24, 2.45) is 0 Å². The molecule has 0 bridgehead atoms. The van der Waals surface area contributed by atoms with Crippen molar-refractivity contribution in [2.45, 2.75) is 0 Å². The van der Waals surface area contributed by atoms with E-state index in [1.165, 1.54) is 0 Å². The minimum Gasteiger partial charge on any atom is -0.368 e. The SMILES string of the molecule is CNc1nc(N)nc(Nc2ccc(Cl)cc2)n1. The molecule has 88 valence electrons. The summed E-state index contributed by atoms with van der Waals surface area (Å²) in [6, 6.07) is 7.18. The number of nitrogen functional groups attached to an aromatic ring is 1. The molecule has 1 heterocycles. The van der Waals surface area contributed by atoms with Gasteiger partial charge in [-0.1, -0.05) is 11.6 Å². The van der Waals surface area contributed by atoms with Gasteiger partial charge < -0.3 is 16.4 Å². The quantitative estimate of drug-likeness (QED) is 0.771. The maximum absolute atomic E-state index is 5.79. The van der Waals surface area contributed by atoms with Crippen LogP contribution in [0.25, 0.3) is 0 Å². The number of hydrogen-bond acceptors (Lipinski definition) is 6. The second kappa shape index (κ2) is 4.84. The molecule has 0 fully saturated rings. The number of nitrogens with zero attached hydrogens (tertiary/aromatic N) is 3. The number of aromatic nitrogens is 3. The van der Waals surface area contributed by atoms with Gasteiger partial charge in [0.2, 0.25) is 17.8 Å². The summed E-state index contributed by atoms with van der Waals surface area (Å²) < 4.78 is 0. The first-order valence-corrected chi connectivity index (χ1v) is 5.27. The van der Waals surface area contributed by atoms with Gasteiger partial charge in [-0.15, -0.1) is 0 Å². The standard InChI is InChI=1S/C10H11ClN6/c1-13-9-15-8(12)16-10(17-9)14-7-4-2-6(11)3-5-7/h2-5H,1H3,(H4,12,13,14,15,16,17). The highest BCUT2D eigenvalue weighted by molar-refractivity contribution is 6.30. The summed E-state index contributed by atoms with van der Waals surface area (Å²) >= 11 is 5.79. The van der Waals surface area contributed by atoms with Crippen molar-refractivity contribution in [3.05, 3.63) is 29.3 Å². The molecule has 1 aromatic carbocycles. The molecule has 1 aromatic heterocycles. The van der Waals surface area contributed by atoms with Gasteiger partial charge >= 0.3 is 0 Å². The first kappa shape index (κ1) is 11.4. The van der Waals surface area contributed by atoms with Crippen LogP contribution in [-0.4, -0.2) is 22.0 Å². The summed E-state index contributed by atoms with van der Waals surface area (Å²) in [5, 5.41) is 6.47. The molecule has 2 aromatic rings. The van der Waals surface area contributed by atoms with Crippen molar-refractivity contribution >= 4 is 35.1 Å². The van der Waals surface area contributed by atoms with E-state index in [1.807, 2.05) is 12.1 Å². The van der Waals surface area contributed by atoms with Crippen molar-refractivity contribution in [1.29, 1.82) is 0 Å². The number of anilines is 4. The van der Waals surface area contributed by atoms with Crippen molar-refractivity contribution in [3.63, 3.8) is 0 Å². The molecule has 0 amide bonds. The van der Waals surface area contributed by atoms with Gasteiger partial charge in [0.25, 0.3) is 0 Å². The van der Waals surface area contributed by atoms with Crippen molar-refractivity contribution < 1.29 is 0 Å². The molecule has 0 radical (unpaired) electrons. The fourth-order valence-corrected chi connectivity index (χ4v) is 1.35. The molecular formula is C10H11ClN6. The Hall–Kier alpha value is -2.08. The van der Waals surface area contributed by atoms with Gasteiger partial charge in [-0.3, -0.25) is 0 Å². The summed E-state index contributed by atoms with van der Waals surface area (Å²) in [5.41, 5.74) is 6.37. The largest absolute Gasteiger partial charge is 0.368 e. The van der Waals surface area contributed by atoms with E-state index in [0.29, 0.717) is 16.9 Å². The van der Waals surface area contributed by atoms with Crippen LogP contribution in [-0.2, 0) is 0 Å². The van der Waals surface area contributed by atoms with Gasteiger partial charge in [0.05, 0.1) is 0 Å². The first-order valence-electron chi connectivity index (χ1n) is 4.89. The van der Waals surface area contributed by atoms with E-state index in [4.69, 9.17) is 17.3 Å². The van der Waals surface area contributed by atoms with E-state index in [2.05, 4.69) is 25.6 Å². The van der Waals surface area contributed by atoms with Gasteiger partial charge in [-0.25, -0.2) is 0 Å². The molecular weight excluding hydrogens is 240 g/mol. The second-order valence-corrected chi connectivity index (χ2v) is 3.66. The maximum Gasteiger partial charge on any atom is 0.233 e. The summed E-state index contributed by atoms with van der Waals surface area (Å²) in [5.74, 6) is 0.943. The maximum atomic E-state index is 5.79. The first-order chi connectivity index (χ1) is 8.17. The number of nitrogens with one attached hydrogen (secondary N) is 2. The third-order valence-corrected chi connectivity index (χ3v) is 2.23. The Bertz CT molecular complexity index is 513. The van der Waals surface area contributed by atoms with Crippen molar-refractivity contribution in [2.75, 3.05) is 23.4 Å². The van der Waals surface area contributed by atoms with E-state index < -0.39 is 0 Å². The van der Waals surface area contributed by atoms with Crippen LogP contribution >= 0.6 is 11.6 Å². The minimum atomic E-state index is 0.154. The molecule has 0 unspecified atom stereocenters. The summed E-state index contributed by atoms with van der Waals surface area (Å²) in [6.07, 6.45) is 0. The zero-order chi connectivity index (χ0) is 12.3. The fraction of sp³-hybridized carbons (Fsp3) is 0.100. The summed E-state index contributed by atoms with van der Waals surface area (Å²) in [4.78, 5) is 12.0. The Morgan fingerprint density at radius 3 is 2.35 bits per heavy atom. The highest BCUT2D eigenvalue weighted by Gasteiger charge is 2.03. The second-order valence-electron chi connectivity index (χ2n) is 3.22. The zero-order valence-corrected chi connectivity index (χ0v) is 9.86. The molecule has 6 nitrogen and oxygen atoms in total. The average molecular weight is 251 g/mol. The molecule has 0 aliphatic rings. The topological polar surface area (TPSA) is 88.8 Å². The fourth-order valence-electron chi connectivity index (χ4n) is 1.22. The smallest absolute Gasteiger partial charge is 0.233 e. The number of hydrogen-bond donors (Lipinski definition) is 3. The Balaban J connectivity index is 2.23. The van der Waals surface area contributed by atoms with Crippen LogP contribution in [0.2, 0.25) is 5.02 Å². The van der Waals surface area contributed by atoms with E-state index in [9.17, 15) is 0 Å². The molecule has 0 aliphatic heterocycles. The lowest BCUT2D eigenvalue weighted by Crippen LogP contribution is -2.06. The van der Waals surface area contributed by atoms with Crippen molar-refractivity contribution in [1.82, 2.24) is 15.0 Å². The lowest BCUT2D eigenvalue weighted by Gasteiger charge is -2.06. The average Bonchev–Trinajstić information content (AvgIpc) is 2.31. The Labute approximate surface area is 103 Å². The number of halogens is 1. The van der Waals surface area contributed by atoms with Gasteiger partial charge in [0, 0.05) is 17.8 Å². The third kappa shape index (κ3) is 2.94. The van der Waals surface area contributed by atoms with E-state index >= 15 is 0 Å². The van der Waals surface area contributed by atoms with Crippen LogP contribution in [0.15, 0.2) is 24.3 Å². The summed E-state index contributed by atoms with van der Waals surface area (Å²) in [6.45, 7) is 0. The van der Waals surface area contributed by atoms with E-state index in [-0.39, 0.29) is 5.95 Å². The van der Waals surface area contributed by atoms with E-state index in [1.54, 1.807) is 19.2 Å². The Morgan fingerprint density at radius 1 is 1.06 bits per heavy atom. The molecule has 17 heavy (non-hydrogen) atoms. The van der Waals surface area contributed by atoms with Crippen LogP contribution in [0.4, 0.5) is 23.5 Å². The van der Waals surface area contributed by atoms with Crippen LogP contribution < -0.4 is 16.4 Å². The molecule has 7 heteroatoms. The lowest BCUT2D eigenvalue weighted by atomic mass is 10.3. The molecule has 0 atom stereocenters. The van der Waals surface area contributed by atoms with Gasteiger partial charge in [0.15, 0.2) is 0 Å². The zero-order valence-electron chi connectivity index (χ0n) is 9.11. The van der Waals surface area contributed by atoms with Crippen molar-refractivity contribution in [3.8, 4) is 0 Å². The number of benzene rings is 1. The van der Waals surface area contributed by atoms with Crippen LogP contribution in [0.5, 0.6) is 0 Å². The van der Waals surface area contributed by atoms with Gasteiger partial charge in [-0.05, 0) is 24.3 Å². The van der Waals surface area contributed by atoms with Crippen LogP contribution in [0, 0.1) is 0 Å². The molecule has 2 rings (SSSR count). The van der Waals surface area contributed by atoms with Crippen LogP contribution in [0.1, 0.15) is 0 Å². The third-order valence-electron chi connectivity index (χ3n) is 1.98. The Kier molecular flexibility index (Phi) is 3.24. The predicted molar refractivity (Wildman–Crippen MR) is 68.5 cm³/mol. The van der Waals surface area contributed by atoms with E-state index in [0.717, 1.165) is 5.69 Å². The molecule has 0 aliphatic carbocycles. The lowest BCUT2D eigenvalue weighted by molar-refractivity contribution is 1.07. The number of nitrogens with two attached hydrogens (primary N) is 1. The molecule has 4 N–H and O–H groups in total. The monoisotopic (exact) mass is 250 g/mol. The number of rotatable bonds is 3. The molecule has 0 saturated carbocycles. The van der Waals surface area contributed by atoms with Gasteiger partial charge in [-0.2, -0.15) is 15.0 Å². The summed E-state index contributed by atoms with van der Waals surface area (Å²) in [7, 11) is 1.71. The predicted octanol–water partition coefficient (Wildman–Crippen LogP) is 1.89. The molecule has 0 saturated heterocycles. The normalized spacial score (nSPS) is 10.0. The highest BCUT2D eigenvalue weighted by Crippen LogP contribution is 2.17. The highest BCUT2D eigenvalue weighted by atomic mass is 35.5. The Morgan fingerprint density at radius 2 is 1.71 bits per heavy atom. The minimum absolute atomic E-state index is 0.154. The van der Waals surface area contributed by atoms with Gasteiger partial charge in [0.1, 0.15) is 0 Å².